The highest BCUT2D eigenvalue weighted by molar-refractivity contribution is 6.21. The minimum Gasteiger partial charge on any atom is -0.542 e. The molecule has 36 heavy (non-hydrogen) atoms. The first-order valence-electron chi connectivity index (χ1n) is 11.0. The monoisotopic (exact) mass is 493 g/mol. The fourth-order valence-corrected chi connectivity index (χ4v) is 4.04. The van der Waals surface area contributed by atoms with Crippen LogP contribution in [0.2, 0.25) is 0 Å². The highest BCUT2D eigenvalue weighted by Crippen LogP contribution is 2.30. The Labute approximate surface area is 204 Å². The van der Waals surface area contributed by atoms with Gasteiger partial charge in [-0.25, -0.2) is 0 Å². The van der Waals surface area contributed by atoms with Gasteiger partial charge in [0.1, 0.15) is 11.7 Å². The van der Waals surface area contributed by atoms with Crippen LogP contribution in [0.15, 0.2) is 84.8 Å². The summed E-state index contributed by atoms with van der Waals surface area (Å²) in [6.45, 7) is 1.38. The molecule has 1 aliphatic carbocycles. The molecule has 2 aromatic carbocycles. The maximum Gasteiger partial charge on any atom is 0.430 e. The Morgan fingerprint density at radius 1 is 1.00 bits per heavy atom. The number of alkyl halides is 3. The van der Waals surface area contributed by atoms with Gasteiger partial charge in [-0.15, -0.1) is 0 Å². The Morgan fingerprint density at radius 2 is 1.58 bits per heavy atom. The van der Waals surface area contributed by atoms with Crippen molar-refractivity contribution in [1.82, 2.24) is 9.88 Å². The molecule has 0 fully saturated rings. The largest absolute Gasteiger partial charge is 0.542 e. The van der Waals surface area contributed by atoms with Crippen molar-refractivity contribution in [3.05, 3.63) is 107 Å². The van der Waals surface area contributed by atoms with E-state index < -0.39 is 12.1 Å². The molecule has 5 rings (SSSR count). The van der Waals surface area contributed by atoms with Crippen LogP contribution in [-0.2, 0) is 24.9 Å². The van der Waals surface area contributed by atoms with Gasteiger partial charge in [-0.1, -0.05) is 60.7 Å². The molecule has 0 bridgehead atoms. The van der Waals surface area contributed by atoms with Crippen molar-refractivity contribution in [3.8, 4) is 0 Å². The SMILES string of the molecule is Cn1cc2cc[n+](Cc3ccccc3)c3c2c1C(=O)C(NCc1ccccc1)=C3.O=C([O-])C(F)(F)F. The first-order chi connectivity index (χ1) is 17.1. The van der Waals surface area contributed by atoms with E-state index in [2.05, 4.69) is 58.5 Å². The molecule has 0 saturated carbocycles. The predicted molar refractivity (Wildman–Crippen MR) is 125 cm³/mol. The van der Waals surface area contributed by atoms with Gasteiger partial charge in [0.05, 0.1) is 11.1 Å². The molecule has 1 aliphatic rings. The zero-order valence-electron chi connectivity index (χ0n) is 19.3. The second kappa shape index (κ2) is 10.1. The number of carboxylic acid groups (broad SMARTS) is 1. The van der Waals surface area contributed by atoms with Gasteiger partial charge in [0.15, 0.2) is 12.7 Å². The lowest BCUT2D eigenvalue weighted by Gasteiger charge is -2.15. The normalized spacial score (nSPS) is 12.6. The Hall–Kier alpha value is -4.40. The minimum absolute atomic E-state index is 0.0448. The summed E-state index contributed by atoms with van der Waals surface area (Å²) in [5.41, 5.74) is 4.83. The number of carbonyl (C=O) groups excluding carboxylic acids is 2. The molecule has 0 saturated heterocycles. The second-order valence-corrected chi connectivity index (χ2v) is 8.24. The molecule has 0 amide bonds. The van der Waals surface area contributed by atoms with E-state index in [1.165, 1.54) is 5.56 Å². The minimum atomic E-state index is -5.19. The number of rotatable bonds is 5. The quantitative estimate of drug-likeness (QED) is 0.434. The van der Waals surface area contributed by atoms with Gasteiger partial charge in [-0.05, 0) is 5.56 Å². The maximum atomic E-state index is 13.2. The average molecular weight is 493 g/mol. The number of nitrogens with zero attached hydrogens (tertiary/aromatic N) is 2. The van der Waals surface area contributed by atoms with Crippen molar-refractivity contribution in [1.29, 1.82) is 0 Å². The number of aromatic nitrogens is 2. The molecule has 0 aliphatic heterocycles. The van der Waals surface area contributed by atoms with Gasteiger partial charge in [-0.3, -0.25) is 4.79 Å². The summed E-state index contributed by atoms with van der Waals surface area (Å²) in [7, 11) is 1.94. The summed E-state index contributed by atoms with van der Waals surface area (Å²) in [5, 5.41) is 14.3. The molecule has 2 heterocycles. The van der Waals surface area contributed by atoms with E-state index in [-0.39, 0.29) is 5.78 Å². The molecule has 0 unspecified atom stereocenters. The van der Waals surface area contributed by atoms with Crippen LogP contribution in [0, 0.1) is 0 Å². The number of hydrogen-bond donors (Lipinski definition) is 1. The first kappa shape index (κ1) is 24.7. The first-order valence-corrected chi connectivity index (χ1v) is 11.0. The lowest BCUT2D eigenvalue weighted by atomic mass is 10.00. The molecular weight excluding hydrogens is 471 g/mol. The Balaban J connectivity index is 0.000000384. The summed E-state index contributed by atoms with van der Waals surface area (Å²) in [5.74, 6) is -2.96. The van der Waals surface area contributed by atoms with Crippen molar-refractivity contribution >= 4 is 28.6 Å². The van der Waals surface area contributed by atoms with E-state index in [1.54, 1.807) is 0 Å². The number of Topliss-reactive ketones (excluding diaryl/α,β-unsaturated/α-hetero) is 1. The topological polar surface area (TPSA) is 78.0 Å². The lowest BCUT2D eigenvalue weighted by molar-refractivity contribution is -0.688. The lowest BCUT2D eigenvalue weighted by Crippen LogP contribution is -2.39. The highest BCUT2D eigenvalue weighted by atomic mass is 19.4. The van der Waals surface area contributed by atoms with Crippen LogP contribution in [0.4, 0.5) is 13.2 Å². The van der Waals surface area contributed by atoms with Crippen LogP contribution in [0.25, 0.3) is 16.8 Å². The molecule has 0 radical (unpaired) electrons. The third kappa shape index (κ3) is 5.30. The van der Waals surface area contributed by atoms with E-state index >= 15 is 0 Å². The third-order valence-electron chi connectivity index (χ3n) is 5.70. The second-order valence-electron chi connectivity index (χ2n) is 8.24. The van der Waals surface area contributed by atoms with Crippen LogP contribution in [0.1, 0.15) is 27.3 Å². The Morgan fingerprint density at radius 3 is 2.17 bits per heavy atom. The van der Waals surface area contributed by atoms with E-state index in [0.717, 1.165) is 34.3 Å². The number of aryl methyl sites for hydroxylation is 1. The van der Waals surface area contributed by atoms with Gasteiger partial charge in [0.2, 0.25) is 11.5 Å². The number of nitrogens with one attached hydrogen (secondary N) is 1. The fourth-order valence-electron chi connectivity index (χ4n) is 4.04. The van der Waals surface area contributed by atoms with Crippen LogP contribution < -0.4 is 15.0 Å². The van der Waals surface area contributed by atoms with Crippen LogP contribution in [0.5, 0.6) is 0 Å². The number of carbonyl (C=O) groups is 2. The van der Waals surface area contributed by atoms with Gasteiger partial charge >= 0.3 is 6.18 Å². The standard InChI is InChI=1S/C25H21N3O.C2HF3O2/c1-27-17-20-12-13-28(16-19-10-6-3-7-11-19)22-14-21(25(29)24(27)23(20)22)26-15-18-8-4-2-5-9-18;3-2(4,5)1(6)7/h2-14,17H,15-16H2,1H3;(H,6,7). The zero-order chi connectivity index (χ0) is 25.9. The molecular formula is C27H22F3N3O3. The van der Waals surface area contributed by atoms with E-state index in [4.69, 9.17) is 9.90 Å². The number of halogens is 3. The van der Waals surface area contributed by atoms with Crippen LogP contribution in [0.3, 0.4) is 0 Å². The van der Waals surface area contributed by atoms with Crippen molar-refractivity contribution in [2.75, 3.05) is 0 Å². The van der Waals surface area contributed by atoms with Gasteiger partial charge in [0, 0.05) is 42.9 Å². The molecule has 184 valence electrons. The van der Waals surface area contributed by atoms with Gasteiger partial charge in [0.25, 0.3) is 0 Å². The van der Waals surface area contributed by atoms with Crippen molar-refractivity contribution in [3.63, 3.8) is 0 Å². The van der Waals surface area contributed by atoms with Crippen LogP contribution >= 0.6 is 0 Å². The summed E-state index contributed by atoms with van der Waals surface area (Å²) < 4.78 is 35.7. The predicted octanol–water partition coefficient (Wildman–Crippen LogP) is 3.14. The van der Waals surface area contributed by atoms with Gasteiger partial charge in [-0.2, -0.15) is 17.7 Å². The molecule has 9 heteroatoms. The summed E-state index contributed by atoms with van der Waals surface area (Å²) >= 11 is 0. The Bertz CT molecular complexity index is 1440. The number of aliphatic carboxylic acids is 1. The van der Waals surface area contributed by atoms with E-state index in [0.29, 0.717) is 12.2 Å². The maximum absolute atomic E-state index is 13.2. The smallest absolute Gasteiger partial charge is 0.430 e. The molecule has 4 aromatic rings. The summed E-state index contributed by atoms with van der Waals surface area (Å²) in [6, 6.07) is 22.6. The number of benzene rings is 2. The van der Waals surface area contributed by atoms with Crippen molar-refractivity contribution < 1.29 is 32.4 Å². The van der Waals surface area contributed by atoms with Gasteiger partial charge < -0.3 is 19.8 Å². The number of carboxylic acids is 1. The molecule has 2 aromatic heterocycles. The van der Waals surface area contributed by atoms with E-state index in [1.807, 2.05) is 48.2 Å². The number of allylic oxidation sites excluding steroid dienone is 1. The fraction of sp³-hybridized carbons (Fsp3) is 0.148. The van der Waals surface area contributed by atoms with Crippen molar-refractivity contribution in [2.24, 2.45) is 7.05 Å². The summed E-state index contributed by atoms with van der Waals surface area (Å²) in [6.07, 6.45) is 0.950. The highest BCUT2D eigenvalue weighted by Gasteiger charge is 2.31. The third-order valence-corrected chi connectivity index (χ3v) is 5.70. The number of ketones is 1. The zero-order valence-corrected chi connectivity index (χ0v) is 19.3. The van der Waals surface area contributed by atoms with E-state index in [9.17, 15) is 18.0 Å². The average Bonchev–Trinajstić information content (AvgIpc) is 3.19. The summed E-state index contributed by atoms with van der Waals surface area (Å²) in [4.78, 5) is 22.0. The Kier molecular flexibility index (Phi) is 6.91. The van der Waals surface area contributed by atoms with Crippen LogP contribution in [-0.4, -0.2) is 22.5 Å². The molecule has 1 N–H and O–H groups in total. The number of pyridine rings is 1. The molecule has 0 spiro atoms. The molecule has 0 atom stereocenters. The number of hydrogen-bond acceptors (Lipinski definition) is 4. The molecule has 6 nitrogen and oxygen atoms in total. The van der Waals surface area contributed by atoms with Crippen molar-refractivity contribution in [2.45, 2.75) is 19.3 Å².